The average molecular weight is 302 g/mol. The lowest BCUT2D eigenvalue weighted by molar-refractivity contribution is 0.102. The molecule has 1 amide bonds. The summed E-state index contributed by atoms with van der Waals surface area (Å²) in [6, 6.07) is 8.96. The Morgan fingerprint density at radius 2 is 1.91 bits per heavy atom. The maximum Gasteiger partial charge on any atom is 0.255 e. The average Bonchev–Trinajstić information content (AvgIpc) is 2.49. The Balaban J connectivity index is 1.90. The predicted molar refractivity (Wildman–Crippen MR) is 85.6 cm³/mol. The number of likely N-dealkylation sites (N-methyl/N-ethyl adjacent to an activating group) is 1. The Morgan fingerprint density at radius 3 is 2.50 bits per heavy atom. The van der Waals surface area contributed by atoms with Gasteiger partial charge < -0.3 is 15.5 Å². The Labute approximate surface area is 129 Å². The van der Waals surface area contributed by atoms with Crippen molar-refractivity contribution in [2.75, 3.05) is 37.8 Å². The highest BCUT2D eigenvalue weighted by Crippen LogP contribution is 2.11. The molecule has 1 aromatic carbocycles. The van der Waals surface area contributed by atoms with Crippen LogP contribution in [0.1, 0.15) is 10.4 Å². The molecule has 6 heteroatoms. The van der Waals surface area contributed by atoms with Gasteiger partial charge in [0, 0.05) is 18.7 Å². The fourth-order valence-electron chi connectivity index (χ4n) is 1.78. The number of benzene rings is 1. The van der Waals surface area contributed by atoms with Crippen molar-refractivity contribution in [3.63, 3.8) is 0 Å². The fourth-order valence-corrected chi connectivity index (χ4v) is 1.78. The second-order valence-corrected chi connectivity index (χ2v) is 5.12. The lowest BCUT2D eigenvalue weighted by atomic mass is 10.2. The zero-order valence-corrected chi connectivity index (χ0v) is 12.6. The molecule has 0 atom stereocenters. The third-order valence-corrected chi connectivity index (χ3v) is 2.99. The van der Waals surface area contributed by atoms with Crippen molar-refractivity contribution in [2.24, 2.45) is 0 Å². The van der Waals surface area contributed by atoms with Gasteiger partial charge in [0.1, 0.15) is 11.6 Å². The standard InChI is InChI=1S/C16H19FN4O/c1-21(2)10-9-18-15-8-7-14(11-19-15)20-16(22)12-3-5-13(17)6-4-12/h3-8,11H,9-10H2,1-2H3,(H,18,19)(H,20,22). The molecule has 0 saturated carbocycles. The number of nitrogens with zero attached hydrogens (tertiary/aromatic N) is 2. The molecule has 1 aromatic heterocycles. The summed E-state index contributed by atoms with van der Waals surface area (Å²) in [6.07, 6.45) is 1.58. The highest BCUT2D eigenvalue weighted by molar-refractivity contribution is 6.04. The maximum absolute atomic E-state index is 12.8. The number of hydrogen-bond donors (Lipinski definition) is 2. The zero-order chi connectivity index (χ0) is 15.9. The smallest absolute Gasteiger partial charge is 0.255 e. The molecule has 0 spiro atoms. The lowest BCUT2D eigenvalue weighted by Gasteiger charge is -2.11. The van der Waals surface area contributed by atoms with E-state index in [0.717, 1.165) is 18.9 Å². The minimum atomic E-state index is -0.369. The molecule has 0 saturated heterocycles. The first-order valence-corrected chi connectivity index (χ1v) is 6.96. The molecule has 0 aliphatic heterocycles. The highest BCUT2D eigenvalue weighted by atomic mass is 19.1. The molecule has 0 radical (unpaired) electrons. The molecule has 5 nitrogen and oxygen atoms in total. The zero-order valence-electron chi connectivity index (χ0n) is 12.6. The van der Waals surface area contributed by atoms with Gasteiger partial charge in [0.2, 0.25) is 0 Å². The van der Waals surface area contributed by atoms with Gasteiger partial charge >= 0.3 is 0 Å². The number of nitrogens with one attached hydrogen (secondary N) is 2. The molecule has 2 N–H and O–H groups in total. The normalized spacial score (nSPS) is 10.5. The first-order valence-electron chi connectivity index (χ1n) is 6.96. The van der Waals surface area contributed by atoms with E-state index < -0.39 is 0 Å². The minimum absolute atomic E-state index is 0.296. The molecule has 116 valence electrons. The van der Waals surface area contributed by atoms with E-state index in [1.807, 2.05) is 14.1 Å². The third kappa shape index (κ3) is 4.82. The van der Waals surface area contributed by atoms with Crippen LogP contribution in [0.3, 0.4) is 0 Å². The maximum atomic E-state index is 12.8. The van der Waals surface area contributed by atoms with Crippen molar-refractivity contribution in [1.82, 2.24) is 9.88 Å². The van der Waals surface area contributed by atoms with Crippen molar-refractivity contribution in [3.8, 4) is 0 Å². The molecule has 2 rings (SSSR count). The van der Waals surface area contributed by atoms with Gasteiger partial charge in [-0.3, -0.25) is 4.79 Å². The molecular formula is C16H19FN4O. The SMILES string of the molecule is CN(C)CCNc1ccc(NC(=O)c2ccc(F)cc2)cn1. The second kappa shape index (κ2) is 7.51. The van der Waals surface area contributed by atoms with Crippen LogP contribution < -0.4 is 10.6 Å². The summed E-state index contributed by atoms with van der Waals surface area (Å²) in [6.45, 7) is 1.70. The third-order valence-electron chi connectivity index (χ3n) is 2.99. The van der Waals surface area contributed by atoms with E-state index in [2.05, 4.69) is 20.5 Å². The Morgan fingerprint density at radius 1 is 1.18 bits per heavy atom. The summed E-state index contributed by atoms with van der Waals surface area (Å²) in [7, 11) is 4.01. The topological polar surface area (TPSA) is 57.3 Å². The van der Waals surface area contributed by atoms with Crippen LogP contribution in [0.15, 0.2) is 42.6 Å². The van der Waals surface area contributed by atoms with Crippen LogP contribution in [0.5, 0.6) is 0 Å². The van der Waals surface area contributed by atoms with E-state index in [-0.39, 0.29) is 11.7 Å². The molecule has 0 aliphatic carbocycles. The number of rotatable bonds is 6. The largest absolute Gasteiger partial charge is 0.369 e. The van der Waals surface area contributed by atoms with Crippen LogP contribution in [0.4, 0.5) is 15.9 Å². The van der Waals surface area contributed by atoms with E-state index in [4.69, 9.17) is 0 Å². The van der Waals surface area contributed by atoms with Gasteiger partial charge in [0.15, 0.2) is 0 Å². The summed E-state index contributed by atoms with van der Waals surface area (Å²) in [4.78, 5) is 18.3. The second-order valence-electron chi connectivity index (χ2n) is 5.12. The fraction of sp³-hybridized carbons (Fsp3) is 0.250. The van der Waals surface area contributed by atoms with Crippen LogP contribution in [-0.2, 0) is 0 Å². The Bertz CT molecular complexity index is 611. The molecule has 0 fully saturated rings. The van der Waals surface area contributed by atoms with Crippen LogP contribution in [-0.4, -0.2) is 43.0 Å². The lowest BCUT2D eigenvalue weighted by Crippen LogP contribution is -2.21. The monoisotopic (exact) mass is 302 g/mol. The summed E-state index contributed by atoms with van der Waals surface area (Å²) >= 11 is 0. The van der Waals surface area contributed by atoms with Crippen LogP contribution in [0, 0.1) is 5.82 Å². The van der Waals surface area contributed by atoms with E-state index >= 15 is 0 Å². The van der Waals surface area contributed by atoms with Gasteiger partial charge in [-0.05, 0) is 50.5 Å². The van der Waals surface area contributed by atoms with Gasteiger partial charge in [0.25, 0.3) is 5.91 Å². The molecule has 0 aliphatic rings. The van der Waals surface area contributed by atoms with Crippen molar-refractivity contribution in [1.29, 1.82) is 0 Å². The summed E-state index contributed by atoms with van der Waals surface area (Å²) in [5.41, 5.74) is 0.988. The highest BCUT2D eigenvalue weighted by Gasteiger charge is 2.06. The van der Waals surface area contributed by atoms with Gasteiger partial charge in [0.05, 0.1) is 11.9 Å². The van der Waals surface area contributed by atoms with Crippen molar-refractivity contribution >= 4 is 17.4 Å². The number of hydrogen-bond acceptors (Lipinski definition) is 4. The van der Waals surface area contributed by atoms with Crippen LogP contribution >= 0.6 is 0 Å². The first kappa shape index (κ1) is 15.9. The number of anilines is 2. The molecule has 2 aromatic rings. The summed E-state index contributed by atoms with van der Waals surface area (Å²) in [5.74, 6) is 0.0862. The van der Waals surface area contributed by atoms with Crippen molar-refractivity contribution in [2.45, 2.75) is 0 Å². The Hall–Kier alpha value is -2.47. The minimum Gasteiger partial charge on any atom is -0.369 e. The van der Waals surface area contributed by atoms with E-state index in [1.165, 1.54) is 24.3 Å². The number of carbonyl (C=O) groups excluding carboxylic acids is 1. The summed E-state index contributed by atoms with van der Waals surface area (Å²) in [5, 5.41) is 5.91. The number of halogens is 1. The molecule has 0 unspecified atom stereocenters. The number of amides is 1. The first-order chi connectivity index (χ1) is 10.5. The van der Waals surface area contributed by atoms with Gasteiger partial charge in [-0.25, -0.2) is 9.37 Å². The van der Waals surface area contributed by atoms with E-state index in [1.54, 1.807) is 18.3 Å². The van der Waals surface area contributed by atoms with Crippen molar-refractivity contribution in [3.05, 3.63) is 54.0 Å². The number of aromatic nitrogens is 1. The number of pyridine rings is 1. The Kier molecular flexibility index (Phi) is 5.43. The predicted octanol–water partition coefficient (Wildman–Crippen LogP) is 2.45. The molecule has 1 heterocycles. The van der Waals surface area contributed by atoms with Crippen LogP contribution in [0.2, 0.25) is 0 Å². The molecule has 0 bridgehead atoms. The van der Waals surface area contributed by atoms with E-state index in [0.29, 0.717) is 11.3 Å². The molecular weight excluding hydrogens is 283 g/mol. The van der Waals surface area contributed by atoms with Gasteiger partial charge in [-0.2, -0.15) is 0 Å². The van der Waals surface area contributed by atoms with E-state index in [9.17, 15) is 9.18 Å². The van der Waals surface area contributed by atoms with Gasteiger partial charge in [-0.15, -0.1) is 0 Å². The van der Waals surface area contributed by atoms with Crippen LogP contribution in [0.25, 0.3) is 0 Å². The van der Waals surface area contributed by atoms with Gasteiger partial charge in [-0.1, -0.05) is 0 Å². The van der Waals surface area contributed by atoms with Crippen molar-refractivity contribution < 1.29 is 9.18 Å². The summed E-state index contributed by atoms with van der Waals surface area (Å²) < 4.78 is 12.8. The molecule has 22 heavy (non-hydrogen) atoms. The quantitative estimate of drug-likeness (QED) is 0.860. The number of carbonyl (C=O) groups is 1.